The average molecular weight is 394 g/mol. The fourth-order valence-electron chi connectivity index (χ4n) is 2.27. The van der Waals surface area contributed by atoms with Crippen molar-refractivity contribution in [1.29, 1.82) is 0 Å². The van der Waals surface area contributed by atoms with Crippen LogP contribution in [0.5, 0.6) is 0 Å². The molecule has 0 fully saturated rings. The maximum atomic E-state index is 3.57. The molecule has 0 aromatic carbocycles. The monoisotopic (exact) mass is 394 g/mol. The van der Waals surface area contributed by atoms with Gasteiger partial charge in [0, 0.05) is 39.0 Å². The summed E-state index contributed by atoms with van der Waals surface area (Å²) in [4.78, 5) is 0. The molecule has 2 heteroatoms. The Kier molecular flexibility index (Phi) is 8.30. The van der Waals surface area contributed by atoms with E-state index in [9.17, 15) is 0 Å². The van der Waals surface area contributed by atoms with Gasteiger partial charge in [0.1, 0.15) is 0 Å². The van der Waals surface area contributed by atoms with E-state index >= 15 is 0 Å². The molecule has 2 rings (SSSR count). The molecule has 0 spiro atoms. The Morgan fingerprint density at radius 2 is 1.19 bits per heavy atom. The van der Waals surface area contributed by atoms with Gasteiger partial charge in [-0.05, 0) is 0 Å². The van der Waals surface area contributed by atoms with Gasteiger partial charge in [-0.2, -0.15) is 0 Å². The molecule has 0 nitrogen and oxygen atoms in total. The van der Waals surface area contributed by atoms with E-state index in [1.807, 2.05) is 0 Å². The maximum absolute atomic E-state index is 3.57. The first-order valence-corrected chi connectivity index (χ1v) is 5.95. The second-order valence-electron chi connectivity index (χ2n) is 5.01. The second-order valence-corrected chi connectivity index (χ2v) is 5.01. The number of rotatable bonds is 1. The van der Waals surface area contributed by atoms with Crippen LogP contribution in [0.4, 0.5) is 0 Å². The van der Waals surface area contributed by atoms with E-state index in [-0.39, 0.29) is 39.0 Å². The van der Waals surface area contributed by atoms with E-state index in [2.05, 4.69) is 26.0 Å². The van der Waals surface area contributed by atoms with Crippen LogP contribution >= 0.6 is 0 Å². The molecule has 2 radical (unpaired) electrons. The van der Waals surface area contributed by atoms with E-state index in [1.54, 1.807) is 0 Å². The third kappa shape index (κ3) is 4.54. The minimum atomic E-state index is 0. The molecule has 0 aliphatic heterocycles. The average Bonchev–Trinajstić information content (AvgIpc) is 2.21. The Labute approximate surface area is 126 Å². The standard InChI is InChI=1S/C14H20.2Rh/c1-11-3-7-13(8-4-11)14-9-5-12(2)6-10-14;;/h11-12H,3-7,9H2,1-2H3;;/q-2;;. The Morgan fingerprint density at radius 3 is 1.44 bits per heavy atom. The second kappa shape index (κ2) is 7.94. The SMILES string of the molecule is CC1C[C-]=C(C2=[C-]CC(C)CC2)CC1.[Rh].[Rh]. The molecule has 0 aromatic heterocycles. The van der Waals surface area contributed by atoms with Crippen LogP contribution in [-0.2, 0) is 39.0 Å². The van der Waals surface area contributed by atoms with Gasteiger partial charge in [0.2, 0.25) is 0 Å². The van der Waals surface area contributed by atoms with Crippen molar-refractivity contribution in [1.82, 2.24) is 0 Å². The third-order valence-corrected chi connectivity index (χ3v) is 3.47. The molecule has 2 aliphatic carbocycles. The van der Waals surface area contributed by atoms with Crippen LogP contribution in [-0.4, -0.2) is 0 Å². The van der Waals surface area contributed by atoms with Gasteiger partial charge < -0.3 is 23.3 Å². The molecule has 0 bridgehead atoms. The molecule has 0 saturated heterocycles. The van der Waals surface area contributed by atoms with E-state index in [1.165, 1.54) is 36.8 Å². The maximum Gasteiger partial charge on any atom is 0 e. The van der Waals surface area contributed by atoms with E-state index in [0.29, 0.717) is 0 Å². The van der Waals surface area contributed by atoms with Gasteiger partial charge in [-0.15, -0.1) is 25.7 Å². The van der Waals surface area contributed by atoms with Gasteiger partial charge in [0.05, 0.1) is 0 Å². The van der Waals surface area contributed by atoms with Crippen molar-refractivity contribution in [2.75, 3.05) is 0 Å². The Morgan fingerprint density at radius 1 is 0.812 bits per heavy atom. The Hall–Kier alpha value is 0.727. The van der Waals surface area contributed by atoms with Crippen molar-refractivity contribution >= 4 is 0 Å². The van der Waals surface area contributed by atoms with E-state index in [4.69, 9.17) is 0 Å². The van der Waals surface area contributed by atoms with Crippen LogP contribution in [0.25, 0.3) is 0 Å². The molecule has 16 heavy (non-hydrogen) atoms. The first-order chi connectivity index (χ1) is 6.75. The van der Waals surface area contributed by atoms with Gasteiger partial charge in [-0.1, -0.05) is 38.5 Å². The molecule has 0 saturated carbocycles. The van der Waals surface area contributed by atoms with Crippen molar-refractivity contribution in [3.05, 3.63) is 23.3 Å². The molecule has 2 aliphatic rings. The fraction of sp³-hybridized carbons (Fsp3) is 0.714. The molecule has 0 heterocycles. The van der Waals surface area contributed by atoms with Crippen molar-refractivity contribution < 1.29 is 39.0 Å². The zero-order valence-electron chi connectivity index (χ0n) is 10.1. The molecular weight excluding hydrogens is 374 g/mol. The van der Waals surface area contributed by atoms with E-state index < -0.39 is 0 Å². The van der Waals surface area contributed by atoms with Gasteiger partial charge >= 0.3 is 0 Å². The van der Waals surface area contributed by atoms with Crippen LogP contribution < -0.4 is 0 Å². The first kappa shape index (κ1) is 16.7. The Balaban J connectivity index is 0.00000112. The zero-order valence-corrected chi connectivity index (χ0v) is 13.3. The summed E-state index contributed by atoms with van der Waals surface area (Å²) in [6, 6.07) is 0. The summed E-state index contributed by atoms with van der Waals surface area (Å²) in [6.45, 7) is 4.65. The van der Waals surface area contributed by atoms with Gasteiger partial charge in [0.25, 0.3) is 0 Å². The topological polar surface area (TPSA) is 0 Å². The molecule has 96 valence electrons. The first-order valence-electron chi connectivity index (χ1n) is 5.95. The molecule has 0 aromatic rings. The third-order valence-electron chi connectivity index (χ3n) is 3.47. The van der Waals surface area contributed by atoms with Crippen LogP contribution in [0, 0.1) is 24.0 Å². The number of hydrogen-bond donors (Lipinski definition) is 0. The Bertz CT molecular complexity index is 238. The summed E-state index contributed by atoms with van der Waals surface area (Å²) in [7, 11) is 0. The van der Waals surface area contributed by atoms with Crippen LogP contribution in [0.2, 0.25) is 0 Å². The molecule has 2 atom stereocenters. The van der Waals surface area contributed by atoms with Crippen molar-refractivity contribution in [2.45, 2.75) is 52.4 Å². The predicted octanol–water partition coefficient (Wildman–Crippen LogP) is 4.08. The summed E-state index contributed by atoms with van der Waals surface area (Å²) in [5.41, 5.74) is 2.99. The van der Waals surface area contributed by atoms with E-state index in [0.717, 1.165) is 24.7 Å². The smallest absolute Gasteiger partial charge is 0 e. The number of allylic oxidation sites excluding steroid dienone is 4. The van der Waals surface area contributed by atoms with Crippen molar-refractivity contribution in [3.8, 4) is 0 Å². The van der Waals surface area contributed by atoms with Crippen LogP contribution in [0.1, 0.15) is 52.4 Å². The zero-order chi connectivity index (χ0) is 9.97. The van der Waals surface area contributed by atoms with Crippen LogP contribution in [0.3, 0.4) is 0 Å². The molecule has 0 N–H and O–H groups in total. The summed E-state index contributed by atoms with van der Waals surface area (Å²) in [5.74, 6) is 1.70. The van der Waals surface area contributed by atoms with Crippen molar-refractivity contribution in [2.24, 2.45) is 11.8 Å². The molecular formula is C14H20Rh2-2. The summed E-state index contributed by atoms with van der Waals surface area (Å²) >= 11 is 0. The minimum Gasteiger partial charge on any atom is -0.373 e. The summed E-state index contributed by atoms with van der Waals surface area (Å²) < 4.78 is 0. The van der Waals surface area contributed by atoms with Gasteiger partial charge in [-0.3, -0.25) is 0 Å². The largest absolute Gasteiger partial charge is 0.373 e. The predicted molar refractivity (Wildman–Crippen MR) is 59.5 cm³/mol. The molecule has 0 amide bonds. The van der Waals surface area contributed by atoms with Gasteiger partial charge in [-0.25, -0.2) is 0 Å². The van der Waals surface area contributed by atoms with Crippen LogP contribution in [0.15, 0.2) is 11.1 Å². The quantitative estimate of drug-likeness (QED) is 0.465. The summed E-state index contributed by atoms with van der Waals surface area (Å²) in [6.07, 6.45) is 14.7. The minimum absolute atomic E-state index is 0. The van der Waals surface area contributed by atoms with Crippen molar-refractivity contribution in [3.63, 3.8) is 0 Å². The van der Waals surface area contributed by atoms with Gasteiger partial charge in [0.15, 0.2) is 0 Å². The normalized spacial score (nSPS) is 29.4. The number of hydrogen-bond acceptors (Lipinski definition) is 0. The molecule has 2 unspecified atom stereocenters. The fourth-order valence-corrected chi connectivity index (χ4v) is 2.27. The summed E-state index contributed by atoms with van der Waals surface area (Å²) in [5, 5.41) is 0.